The van der Waals surface area contributed by atoms with Crippen molar-refractivity contribution >= 4 is 0 Å². The van der Waals surface area contributed by atoms with Gasteiger partial charge in [-0.2, -0.15) is 5.10 Å². The quantitative estimate of drug-likeness (QED) is 0.908. The Morgan fingerprint density at radius 2 is 1.95 bits per heavy atom. The van der Waals surface area contributed by atoms with Crippen molar-refractivity contribution in [2.45, 2.75) is 38.3 Å². The van der Waals surface area contributed by atoms with Gasteiger partial charge in [0, 0.05) is 23.7 Å². The van der Waals surface area contributed by atoms with Gasteiger partial charge in [-0.25, -0.2) is 9.49 Å². The Kier molecular flexibility index (Phi) is 4.10. The molecule has 1 aliphatic carbocycles. The average Bonchev–Trinajstić information content (AvgIpc) is 3.01. The zero-order valence-electron chi connectivity index (χ0n) is 11.7. The van der Waals surface area contributed by atoms with Crippen LogP contribution < -0.4 is 10.9 Å². The van der Waals surface area contributed by atoms with Crippen LogP contribution in [0.1, 0.15) is 31.2 Å². The van der Waals surface area contributed by atoms with Crippen molar-refractivity contribution in [3.63, 3.8) is 0 Å². The number of nitrogens with one attached hydrogen (secondary N) is 2. The van der Waals surface area contributed by atoms with E-state index in [2.05, 4.69) is 15.5 Å². The molecule has 1 saturated carbocycles. The van der Waals surface area contributed by atoms with Gasteiger partial charge in [0.25, 0.3) is 5.56 Å². The van der Waals surface area contributed by atoms with Gasteiger partial charge in [0.15, 0.2) is 0 Å². The van der Waals surface area contributed by atoms with Gasteiger partial charge in [-0.1, -0.05) is 12.8 Å². The molecule has 0 saturated heterocycles. The Hall–Kier alpha value is -2.01. The topological polar surface area (TPSA) is 57.8 Å². The van der Waals surface area contributed by atoms with E-state index < -0.39 is 0 Å². The van der Waals surface area contributed by atoms with Gasteiger partial charge in [0.2, 0.25) is 0 Å². The molecule has 0 spiro atoms. The van der Waals surface area contributed by atoms with Crippen LogP contribution in [-0.4, -0.2) is 16.2 Å². The second-order valence-corrected chi connectivity index (χ2v) is 5.48. The van der Waals surface area contributed by atoms with Crippen molar-refractivity contribution in [1.29, 1.82) is 0 Å². The Balaban J connectivity index is 1.78. The molecule has 21 heavy (non-hydrogen) atoms. The summed E-state index contributed by atoms with van der Waals surface area (Å²) in [5, 5.41) is 9.97. The minimum absolute atomic E-state index is 0.175. The third-order valence-electron chi connectivity index (χ3n) is 3.96. The Morgan fingerprint density at radius 3 is 2.67 bits per heavy atom. The van der Waals surface area contributed by atoms with Crippen LogP contribution in [0.15, 0.2) is 35.1 Å². The van der Waals surface area contributed by atoms with Crippen LogP contribution in [0.3, 0.4) is 0 Å². The van der Waals surface area contributed by atoms with Crippen LogP contribution in [-0.2, 0) is 6.54 Å². The highest BCUT2D eigenvalue weighted by atomic mass is 19.1. The lowest BCUT2D eigenvalue weighted by Gasteiger charge is -2.11. The normalized spacial score (nSPS) is 15.5. The molecule has 5 heteroatoms. The number of hydrogen-bond donors (Lipinski definition) is 2. The van der Waals surface area contributed by atoms with E-state index in [9.17, 15) is 9.18 Å². The molecule has 0 unspecified atom stereocenters. The number of rotatable bonds is 4. The highest BCUT2D eigenvalue weighted by Crippen LogP contribution is 2.19. The first-order valence-corrected chi connectivity index (χ1v) is 7.30. The Morgan fingerprint density at radius 1 is 1.24 bits per heavy atom. The molecular formula is C16H18FN3O. The lowest BCUT2D eigenvalue weighted by Crippen LogP contribution is -2.29. The summed E-state index contributed by atoms with van der Waals surface area (Å²) in [6.45, 7) is 0.538. The van der Waals surface area contributed by atoms with Gasteiger partial charge >= 0.3 is 0 Å². The molecule has 0 aliphatic heterocycles. The molecule has 0 bridgehead atoms. The molecule has 1 aromatic carbocycles. The molecule has 0 atom stereocenters. The van der Waals surface area contributed by atoms with Gasteiger partial charge in [-0.15, -0.1) is 0 Å². The summed E-state index contributed by atoms with van der Waals surface area (Å²) >= 11 is 0. The molecule has 4 nitrogen and oxygen atoms in total. The summed E-state index contributed by atoms with van der Waals surface area (Å²) in [7, 11) is 0. The van der Waals surface area contributed by atoms with Crippen molar-refractivity contribution < 1.29 is 4.39 Å². The van der Waals surface area contributed by atoms with Crippen molar-refractivity contribution in [2.75, 3.05) is 0 Å². The SMILES string of the molecule is O=c1[nH]nc(-c2ccc(F)cc2)cc1CNC1CCCC1. The van der Waals surface area contributed by atoms with Crippen LogP contribution in [0, 0.1) is 5.82 Å². The summed E-state index contributed by atoms with van der Waals surface area (Å²) in [5.41, 5.74) is 1.93. The van der Waals surface area contributed by atoms with Crippen LogP contribution in [0.25, 0.3) is 11.3 Å². The highest BCUT2D eigenvalue weighted by Gasteiger charge is 2.15. The molecule has 1 fully saturated rings. The number of benzene rings is 1. The van der Waals surface area contributed by atoms with E-state index in [1.54, 1.807) is 18.2 Å². The Bertz CT molecular complexity index is 660. The molecule has 3 rings (SSSR count). The number of aromatic nitrogens is 2. The largest absolute Gasteiger partial charge is 0.310 e. The fourth-order valence-corrected chi connectivity index (χ4v) is 2.73. The summed E-state index contributed by atoms with van der Waals surface area (Å²) in [6.07, 6.45) is 4.86. The molecule has 1 aromatic heterocycles. The van der Waals surface area contributed by atoms with Crippen LogP contribution in [0.5, 0.6) is 0 Å². The monoisotopic (exact) mass is 287 g/mol. The predicted molar refractivity (Wildman–Crippen MR) is 79.3 cm³/mol. The number of aromatic amines is 1. The van der Waals surface area contributed by atoms with E-state index in [0.717, 1.165) is 5.56 Å². The van der Waals surface area contributed by atoms with E-state index in [-0.39, 0.29) is 11.4 Å². The first-order chi connectivity index (χ1) is 10.2. The van der Waals surface area contributed by atoms with Gasteiger partial charge in [-0.3, -0.25) is 4.79 Å². The maximum absolute atomic E-state index is 13.0. The van der Waals surface area contributed by atoms with Crippen molar-refractivity contribution in [2.24, 2.45) is 0 Å². The van der Waals surface area contributed by atoms with E-state index in [4.69, 9.17) is 0 Å². The zero-order chi connectivity index (χ0) is 14.7. The molecular weight excluding hydrogens is 269 g/mol. The molecule has 0 amide bonds. The maximum Gasteiger partial charge on any atom is 0.268 e. The Labute approximate surface area is 122 Å². The van der Waals surface area contributed by atoms with Gasteiger partial charge in [0.1, 0.15) is 5.82 Å². The van der Waals surface area contributed by atoms with Crippen LogP contribution in [0.2, 0.25) is 0 Å². The standard InChI is InChI=1S/C16H18FN3O/c17-13-7-5-11(6-8-13)15-9-12(16(21)20-19-15)10-18-14-3-1-2-4-14/h5-9,14,18H,1-4,10H2,(H,20,21). The second-order valence-electron chi connectivity index (χ2n) is 5.48. The summed E-state index contributed by atoms with van der Waals surface area (Å²) in [4.78, 5) is 11.8. The zero-order valence-corrected chi connectivity index (χ0v) is 11.7. The lowest BCUT2D eigenvalue weighted by molar-refractivity contribution is 0.522. The van der Waals surface area contributed by atoms with Gasteiger partial charge < -0.3 is 5.32 Å². The molecule has 2 N–H and O–H groups in total. The van der Waals surface area contributed by atoms with E-state index in [1.807, 2.05) is 0 Å². The molecule has 1 aliphatic rings. The first-order valence-electron chi connectivity index (χ1n) is 7.30. The fourth-order valence-electron chi connectivity index (χ4n) is 2.73. The van der Waals surface area contributed by atoms with Crippen LogP contribution in [0.4, 0.5) is 4.39 Å². The van der Waals surface area contributed by atoms with Crippen molar-refractivity contribution in [1.82, 2.24) is 15.5 Å². The number of halogens is 1. The molecule has 2 aromatic rings. The number of H-pyrrole nitrogens is 1. The summed E-state index contributed by atoms with van der Waals surface area (Å²) in [6, 6.07) is 8.37. The molecule has 110 valence electrons. The minimum atomic E-state index is -0.286. The first kappa shape index (κ1) is 13.9. The summed E-state index contributed by atoms with van der Waals surface area (Å²) in [5.74, 6) is -0.286. The fraction of sp³-hybridized carbons (Fsp3) is 0.375. The van der Waals surface area contributed by atoms with E-state index in [0.29, 0.717) is 23.8 Å². The van der Waals surface area contributed by atoms with Crippen LogP contribution >= 0.6 is 0 Å². The van der Waals surface area contributed by atoms with Crippen molar-refractivity contribution in [3.8, 4) is 11.3 Å². The van der Waals surface area contributed by atoms with Gasteiger partial charge in [0.05, 0.1) is 5.69 Å². The average molecular weight is 287 g/mol. The minimum Gasteiger partial charge on any atom is -0.310 e. The smallest absolute Gasteiger partial charge is 0.268 e. The molecule has 1 heterocycles. The van der Waals surface area contributed by atoms with E-state index >= 15 is 0 Å². The third kappa shape index (κ3) is 3.36. The summed E-state index contributed by atoms with van der Waals surface area (Å²) < 4.78 is 13.0. The van der Waals surface area contributed by atoms with E-state index in [1.165, 1.54) is 37.8 Å². The second kappa shape index (κ2) is 6.18. The third-order valence-corrected chi connectivity index (χ3v) is 3.96. The maximum atomic E-state index is 13.0. The predicted octanol–water partition coefficient (Wildman–Crippen LogP) is 2.61. The number of hydrogen-bond acceptors (Lipinski definition) is 3. The lowest BCUT2D eigenvalue weighted by atomic mass is 10.1. The highest BCUT2D eigenvalue weighted by molar-refractivity contribution is 5.58. The van der Waals surface area contributed by atoms with Gasteiger partial charge in [-0.05, 0) is 43.2 Å². The van der Waals surface area contributed by atoms with Crippen molar-refractivity contribution in [3.05, 3.63) is 52.1 Å². The molecule has 0 radical (unpaired) electrons. The number of nitrogens with zero attached hydrogens (tertiary/aromatic N) is 1.